The van der Waals surface area contributed by atoms with Crippen LogP contribution in [0.2, 0.25) is 0 Å². The second-order valence-corrected chi connectivity index (χ2v) is 4.85. The van der Waals surface area contributed by atoms with Crippen LogP contribution in [0.25, 0.3) is 0 Å². The lowest BCUT2D eigenvalue weighted by Gasteiger charge is -2.27. The molecule has 15 heavy (non-hydrogen) atoms. The maximum Gasteiger partial charge on any atom is 0.136 e. The number of ketones is 1. The van der Waals surface area contributed by atoms with Gasteiger partial charge in [-0.1, -0.05) is 26.2 Å². The maximum absolute atomic E-state index is 11.8. The van der Waals surface area contributed by atoms with Crippen LogP contribution in [-0.4, -0.2) is 30.8 Å². The first kappa shape index (κ1) is 12.7. The van der Waals surface area contributed by atoms with Gasteiger partial charge in [-0.05, 0) is 39.4 Å². The van der Waals surface area contributed by atoms with E-state index in [0.29, 0.717) is 11.7 Å². The second kappa shape index (κ2) is 7.00. The zero-order chi connectivity index (χ0) is 11.1. The lowest BCUT2D eigenvalue weighted by molar-refractivity contribution is -0.124. The number of carbonyl (C=O) groups is 1. The van der Waals surface area contributed by atoms with Crippen molar-refractivity contribution in [3.8, 4) is 0 Å². The Balaban J connectivity index is 2.11. The topological polar surface area (TPSA) is 20.3 Å². The molecule has 0 aliphatic carbocycles. The monoisotopic (exact) mass is 211 g/mol. The van der Waals surface area contributed by atoms with E-state index in [4.69, 9.17) is 0 Å². The van der Waals surface area contributed by atoms with Crippen LogP contribution in [0.3, 0.4) is 0 Å². The SMILES string of the molecule is CCCCCCC(=O)C1CCN(C)CC1. The van der Waals surface area contributed by atoms with Crippen molar-refractivity contribution in [2.24, 2.45) is 5.92 Å². The second-order valence-electron chi connectivity index (χ2n) is 4.85. The summed E-state index contributed by atoms with van der Waals surface area (Å²) in [7, 11) is 2.14. The van der Waals surface area contributed by atoms with Crippen molar-refractivity contribution < 1.29 is 4.79 Å². The molecule has 1 aliphatic rings. The molecule has 88 valence electrons. The van der Waals surface area contributed by atoms with Crippen molar-refractivity contribution in [2.75, 3.05) is 20.1 Å². The van der Waals surface area contributed by atoms with Crippen LogP contribution in [0.4, 0.5) is 0 Å². The number of hydrogen-bond acceptors (Lipinski definition) is 2. The molecule has 1 rings (SSSR count). The van der Waals surface area contributed by atoms with Crippen LogP contribution >= 0.6 is 0 Å². The number of rotatable bonds is 6. The minimum atomic E-state index is 0.378. The maximum atomic E-state index is 11.8. The highest BCUT2D eigenvalue weighted by Gasteiger charge is 2.22. The van der Waals surface area contributed by atoms with Gasteiger partial charge in [0.05, 0.1) is 0 Å². The predicted molar refractivity (Wildman–Crippen MR) is 64.0 cm³/mol. The summed E-state index contributed by atoms with van der Waals surface area (Å²) in [6, 6.07) is 0. The van der Waals surface area contributed by atoms with E-state index in [1.54, 1.807) is 0 Å². The fraction of sp³-hybridized carbons (Fsp3) is 0.923. The Kier molecular flexibility index (Phi) is 5.92. The Bertz CT molecular complexity index is 183. The molecule has 1 aliphatic heterocycles. The summed E-state index contributed by atoms with van der Waals surface area (Å²) in [5.74, 6) is 0.905. The molecule has 0 radical (unpaired) electrons. The van der Waals surface area contributed by atoms with E-state index in [1.807, 2.05) is 0 Å². The first-order chi connectivity index (χ1) is 7.24. The van der Waals surface area contributed by atoms with Crippen LogP contribution in [0.5, 0.6) is 0 Å². The van der Waals surface area contributed by atoms with Crippen molar-refractivity contribution in [3.05, 3.63) is 0 Å². The number of hydrogen-bond donors (Lipinski definition) is 0. The van der Waals surface area contributed by atoms with Crippen LogP contribution in [0.1, 0.15) is 51.9 Å². The highest BCUT2D eigenvalue weighted by molar-refractivity contribution is 5.81. The van der Waals surface area contributed by atoms with Crippen molar-refractivity contribution in [3.63, 3.8) is 0 Å². The third kappa shape index (κ3) is 4.78. The summed E-state index contributed by atoms with van der Waals surface area (Å²) >= 11 is 0. The molecule has 0 saturated carbocycles. The Morgan fingerprint density at radius 1 is 1.20 bits per heavy atom. The Morgan fingerprint density at radius 3 is 2.47 bits per heavy atom. The third-order valence-electron chi connectivity index (χ3n) is 3.45. The normalized spacial score (nSPS) is 19.3. The van der Waals surface area contributed by atoms with Gasteiger partial charge in [-0.15, -0.1) is 0 Å². The predicted octanol–water partition coefficient (Wildman–Crippen LogP) is 2.87. The molecule has 0 aromatic rings. The molecule has 2 nitrogen and oxygen atoms in total. The van der Waals surface area contributed by atoms with Crippen LogP contribution in [-0.2, 0) is 4.79 Å². The number of carbonyl (C=O) groups excluding carboxylic acids is 1. The summed E-state index contributed by atoms with van der Waals surface area (Å²) < 4.78 is 0. The largest absolute Gasteiger partial charge is 0.306 e. The summed E-state index contributed by atoms with van der Waals surface area (Å²) in [4.78, 5) is 14.2. The van der Waals surface area contributed by atoms with Crippen molar-refractivity contribution in [1.82, 2.24) is 4.90 Å². The number of likely N-dealkylation sites (tertiary alicyclic amines) is 1. The molecule has 1 saturated heterocycles. The first-order valence-electron chi connectivity index (χ1n) is 6.45. The van der Waals surface area contributed by atoms with Gasteiger partial charge in [0.2, 0.25) is 0 Å². The molecule has 0 atom stereocenters. The van der Waals surface area contributed by atoms with E-state index >= 15 is 0 Å². The number of nitrogens with zero attached hydrogens (tertiary/aromatic N) is 1. The summed E-state index contributed by atoms with van der Waals surface area (Å²) in [6.07, 6.45) is 7.87. The average Bonchev–Trinajstić information content (AvgIpc) is 2.25. The number of unbranched alkanes of at least 4 members (excludes halogenated alkanes) is 3. The standard InChI is InChI=1S/C13H25NO/c1-3-4-5-6-7-13(15)12-8-10-14(2)11-9-12/h12H,3-11H2,1-2H3. The van der Waals surface area contributed by atoms with E-state index in [0.717, 1.165) is 38.8 Å². The minimum Gasteiger partial charge on any atom is -0.306 e. The van der Waals surface area contributed by atoms with Crippen LogP contribution < -0.4 is 0 Å². The summed E-state index contributed by atoms with van der Waals surface area (Å²) in [5.41, 5.74) is 0. The Hall–Kier alpha value is -0.370. The van der Waals surface area contributed by atoms with Crippen molar-refractivity contribution in [1.29, 1.82) is 0 Å². The lowest BCUT2D eigenvalue weighted by atomic mass is 9.90. The van der Waals surface area contributed by atoms with Gasteiger partial charge in [0.25, 0.3) is 0 Å². The van der Waals surface area contributed by atoms with E-state index in [1.165, 1.54) is 19.3 Å². The van der Waals surface area contributed by atoms with Gasteiger partial charge in [0.1, 0.15) is 5.78 Å². The third-order valence-corrected chi connectivity index (χ3v) is 3.45. The summed E-state index contributed by atoms with van der Waals surface area (Å²) in [5, 5.41) is 0. The van der Waals surface area contributed by atoms with Crippen LogP contribution in [0.15, 0.2) is 0 Å². The molecular weight excluding hydrogens is 186 g/mol. The zero-order valence-electron chi connectivity index (χ0n) is 10.3. The quantitative estimate of drug-likeness (QED) is 0.630. The highest BCUT2D eigenvalue weighted by atomic mass is 16.1. The molecule has 0 N–H and O–H groups in total. The smallest absolute Gasteiger partial charge is 0.136 e. The van der Waals surface area contributed by atoms with Crippen molar-refractivity contribution >= 4 is 5.78 Å². The fourth-order valence-corrected chi connectivity index (χ4v) is 2.26. The molecule has 0 aromatic heterocycles. The molecule has 0 aromatic carbocycles. The number of piperidine rings is 1. The lowest BCUT2D eigenvalue weighted by Crippen LogP contribution is -2.33. The number of Topliss-reactive ketones (excluding diaryl/α,β-unsaturated/α-hetero) is 1. The minimum absolute atomic E-state index is 0.378. The molecule has 0 bridgehead atoms. The average molecular weight is 211 g/mol. The molecule has 0 amide bonds. The molecule has 1 heterocycles. The molecule has 2 heteroatoms. The first-order valence-corrected chi connectivity index (χ1v) is 6.45. The molecular formula is C13H25NO. The van der Waals surface area contributed by atoms with Gasteiger partial charge in [0, 0.05) is 12.3 Å². The van der Waals surface area contributed by atoms with Gasteiger partial charge >= 0.3 is 0 Å². The Labute approximate surface area is 94.0 Å². The van der Waals surface area contributed by atoms with Gasteiger partial charge in [-0.2, -0.15) is 0 Å². The summed E-state index contributed by atoms with van der Waals surface area (Å²) in [6.45, 7) is 4.41. The van der Waals surface area contributed by atoms with Crippen LogP contribution in [0, 0.1) is 5.92 Å². The van der Waals surface area contributed by atoms with Crippen molar-refractivity contribution in [2.45, 2.75) is 51.9 Å². The Morgan fingerprint density at radius 2 is 1.87 bits per heavy atom. The fourth-order valence-electron chi connectivity index (χ4n) is 2.26. The van der Waals surface area contributed by atoms with Gasteiger partial charge in [0.15, 0.2) is 0 Å². The zero-order valence-corrected chi connectivity index (χ0v) is 10.3. The van der Waals surface area contributed by atoms with E-state index in [2.05, 4.69) is 18.9 Å². The van der Waals surface area contributed by atoms with E-state index < -0.39 is 0 Å². The molecule has 0 unspecified atom stereocenters. The van der Waals surface area contributed by atoms with Gasteiger partial charge < -0.3 is 4.90 Å². The van der Waals surface area contributed by atoms with E-state index in [-0.39, 0.29) is 0 Å². The van der Waals surface area contributed by atoms with E-state index in [9.17, 15) is 4.79 Å². The highest BCUT2D eigenvalue weighted by Crippen LogP contribution is 2.19. The molecule has 0 spiro atoms. The van der Waals surface area contributed by atoms with Gasteiger partial charge in [-0.25, -0.2) is 0 Å². The molecule has 1 fully saturated rings. The van der Waals surface area contributed by atoms with Gasteiger partial charge in [-0.3, -0.25) is 4.79 Å².